The van der Waals surface area contributed by atoms with Gasteiger partial charge < -0.3 is 4.74 Å². The Bertz CT molecular complexity index is 398. The Morgan fingerprint density at radius 1 is 1.31 bits per heavy atom. The van der Waals surface area contributed by atoms with Crippen molar-refractivity contribution >= 4 is 11.7 Å². The molecule has 0 spiro atoms. The van der Waals surface area contributed by atoms with E-state index in [1.165, 1.54) is 0 Å². The van der Waals surface area contributed by atoms with E-state index < -0.39 is 0 Å². The van der Waals surface area contributed by atoms with Crippen molar-refractivity contribution < 1.29 is 9.53 Å². The van der Waals surface area contributed by atoms with Crippen molar-refractivity contribution in [3.8, 4) is 0 Å². The van der Waals surface area contributed by atoms with E-state index in [2.05, 4.69) is 6.92 Å². The minimum Gasteiger partial charge on any atom is -0.422 e. The van der Waals surface area contributed by atoms with Crippen LogP contribution < -0.4 is 0 Å². The fourth-order valence-electron chi connectivity index (χ4n) is 1.38. The topological polar surface area (TPSA) is 26.3 Å². The lowest BCUT2D eigenvalue weighted by atomic mass is 10.1. The Kier molecular flexibility index (Phi) is 1.69. The summed E-state index contributed by atoms with van der Waals surface area (Å²) in [5.41, 5.74) is 2.25. The van der Waals surface area contributed by atoms with Crippen LogP contribution in [-0.4, -0.2) is 5.97 Å². The Hall–Kier alpha value is -1.57. The number of esters is 1. The van der Waals surface area contributed by atoms with E-state index in [1.54, 1.807) is 6.07 Å². The first kappa shape index (κ1) is 8.05. The smallest absolute Gasteiger partial charge is 0.344 e. The maximum atomic E-state index is 11.3. The molecule has 2 nitrogen and oxygen atoms in total. The molecule has 1 heterocycles. The summed E-state index contributed by atoms with van der Waals surface area (Å²) in [6.45, 7) is 5.58. The Morgan fingerprint density at radius 2 is 1.92 bits per heavy atom. The summed E-state index contributed by atoms with van der Waals surface area (Å²) >= 11 is 0. The van der Waals surface area contributed by atoms with Crippen molar-refractivity contribution in [1.82, 2.24) is 0 Å². The first-order valence-corrected chi connectivity index (χ1v) is 4.04. The van der Waals surface area contributed by atoms with Gasteiger partial charge in [-0.15, -0.1) is 0 Å². The average molecular weight is 173 g/mol. The van der Waals surface area contributed by atoms with Crippen molar-refractivity contribution in [3.63, 3.8) is 0 Å². The van der Waals surface area contributed by atoms with Crippen molar-refractivity contribution in [2.24, 2.45) is 0 Å². The lowest BCUT2D eigenvalue weighted by molar-refractivity contribution is 0.0714. The third-order valence-corrected chi connectivity index (χ3v) is 1.97. The van der Waals surface area contributed by atoms with Crippen molar-refractivity contribution in [2.75, 3.05) is 0 Å². The van der Waals surface area contributed by atoms with Crippen LogP contribution in [0.3, 0.4) is 0 Å². The number of cyclic esters (lactones) is 1. The highest BCUT2D eigenvalue weighted by Gasteiger charge is 2.26. The molecule has 0 saturated carbocycles. The van der Waals surface area contributed by atoms with E-state index in [-0.39, 0.29) is 5.97 Å². The van der Waals surface area contributed by atoms with Gasteiger partial charge in [0.25, 0.3) is 0 Å². The Labute approximate surface area is 76.8 Å². The molecule has 1 aliphatic heterocycles. The highest BCUT2D eigenvalue weighted by molar-refractivity contribution is 6.03. The quantitative estimate of drug-likeness (QED) is 0.563. The average Bonchev–Trinajstić information content (AvgIpc) is 2.45. The summed E-state index contributed by atoms with van der Waals surface area (Å²) in [6.07, 6.45) is 0. The summed E-state index contributed by atoms with van der Waals surface area (Å²) in [5.74, 6) is 0.314. The van der Waals surface area contributed by atoms with Gasteiger partial charge in [0, 0.05) is 5.56 Å². The molecule has 0 fully saturated rings. The van der Waals surface area contributed by atoms with E-state index in [0.717, 1.165) is 11.1 Å². The molecular formula is C11H9O2. The van der Waals surface area contributed by atoms with Gasteiger partial charge in [-0.3, -0.25) is 0 Å². The molecule has 1 aliphatic rings. The van der Waals surface area contributed by atoms with E-state index in [0.29, 0.717) is 11.3 Å². The van der Waals surface area contributed by atoms with Crippen molar-refractivity contribution in [3.05, 3.63) is 47.9 Å². The number of rotatable bonds is 0. The molecule has 1 radical (unpaired) electrons. The molecule has 0 saturated heterocycles. The van der Waals surface area contributed by atoms with Crippen LogP contribution in [-0.2, 0) is 4.74 Å². The molecule has 1 aromatic rings. The molecule has 0 aromatic heterocycles. The van der Waals surface area contributed by atoms with Gasteiger partial charge in [0.15, 0.2) is 0 Å². The van der Waals surface area contributed by atoms with Crippen molar-refractivity contribution in [1.29, 1.82) is 0 Å². The van der Waals surface area contributed by atoms with E-state index in [9.17, 15) is 4.79 Å². The SMILES string of the molecule is [CH2]/C(C)=C1\OC(=O)c2ccccc21. The van der Waals surface area contributed by atoms with Gasteiger partial charge in [-0.1, -0.05) is 18.2 Å². The second-order valence-electron chi connectivity index (χ2n) is 3.04. The van der Waals surface area contributed by atoms with Crippen LogP contribution in [0.15, 0.2) is 29.8 Å². The number of ether oxygens (including phenoxy) is 1. The number of hydrogen-bond acceptors (Lipinski definition) is 2. The zero-order valence-corrected chi connectivity index (χ0v) is 7.33. The number of benzene rings is 1. The Morgan fingerprint density at radius 3 is 2.54 bits per heavy atom. The third kappa shape index (κ3) is 1.15. The molecule has 0 aliphatic carbocycles. The summed E-state index contributed by atoms with van der Waals surface area (Å²) in [7, 11) is 0. The standard InChI is InChI=1S/C11H9O2/c1-7(2)10-8-5-3-4-6-9(8)11(12)13-10/h3-6H,1H2,2H3/b10-7+. The fraction of sp³-hybridized carbons (Fsp3) is 0.0909. The van der Waals surface area contributed by atoms with E-state index in [1.807, 2.05) is 25.1 Å². The minimum absolute atomic E-state index is 0.284. The van der Waals surface area contributed by atoms with Crippen LogP contribution in [0, 0.1) is 6.92 Å². The largest absolute Gasteiger partial charge is 0.422 e. The van der Waals surface area contributed by atoms with E-state index in [4.69, 9.17) is 4.74 Å². The highest BCUT2D eigenvalue weighted by atomic mass is 16.5. The second-order valence-corrected chi connectivity index (χ2v) is 3.04. The zero-order valence-electron chi connectivity index (χ0n) is 7.33. The minimum atomic E-state index is -0.284. The molecule has 0 atom stereocenters. The number of hydrogen-bond donors (Lipinski definition) is 0. The summed E-state index contributed by atoms with van der Waals surface area (Å²) in [6, 6.07) is 7.32. The first-order chi connectivity index (χ1) is 6.20. The summed E-state index contributed by atoms with van der Waals surface area (Å²) in [5, 5.41) is 0. The summed E-state index contributed by atoms with van der Waals surface area (Å²) < 4.78 is 5.07. The van der Waals surface area contributed by atoms with Crippen LogP contribution in [0.5, 0.6) is 0 Å². The van der Waals surface area contributed by atoms with Gasteiger partial charge in [0.1, 0.15) is 5.76 Å². The Balaban J connectivity index is 2.67. The number of fused-ring (bicyclic) bond motifs is 1. The van der Waals surface area contributed by atoms with Crippen LogP contribution in [0.2, 0.25) is 0 Å². The maximum Gasteiger partial charge on any atom is 0.344 e. The predicted octanol–water partition coefficient (Wildman–Crippen LogP) is 2.42. The molecule has 2 heteroatoms. The lowest BCUT2D eigenvalue weighted by Crippen LogP contribution is -1.92. The molecule has 0 unspecified atom stereocenters. The molecule has 65 valence electrons. The maximum absolute atomic E-state index is 11.3. The normalized spacial score (nSPS) is 18.2. The first-order valence-electron chi connectivity index (χ1n) is 4.04. The zero-order chi connectivity index (χ0) is 9.42. The van der Waals surface area contributed by atoms with Crippen LogP contribution >= 0.6 is 0 Å². The third-order valence-electron chi connectivity index (χ3n) is 1.97. The number of allylic oxidation sites excluding steroid dienone is 1. The fourth-order valence-corrected chi connectivity index (χ4v) is 1.38. The van der Waals surface area contributed by atoms with Gasteiger partial charge >= 0.3 is 5.97 Å². The van der Waals surface area contributed by atoms with Gasteiger partial charge in [-0.2, -0.15) is 0 Å². The number of carbonyl (C=O) groups is 1. The van der Waals surface area contributed by atoms with Crippen LogP contribution in [0.25, 0.3) is 5.76 Å². The van der Waals surface area contributed by atoms with Gasteiger partial charge in [-0.05, 0) is 25.5 Å². The molecule has 0 N–H and O–H groups in total. The predicted molar refractivity (Wildman–Crippen MR) is 49.8 cm³/mol. The number of carbonyl (C=O) groups excluding carboxylic acids is 1. The molecule has 2 rings (SSSR count). The molecule has 0 bridgehead atoms. The van der Waals surface area contributed by atoms with Gasteiger partial charge in [-0.25, -0.2) is 4.79 Å². The summed E-state index contributed by atoms with van der Waals surface area (Å²) in [4.78, 5) is 11.3. The van der Waals surface area contributed by atoms with Crippen LogP contribution in [0.4, 0.5) is 0 Å². The van der Waals surface area contributed by atoms with Crippen LogP contribution in [0.1, 0.15) is 22.8 Å². The van der Waals surface area contributed by atoms with Crippen molar-refractivity contribution in [2.45, 2.75) is 6.92 Å². The van der Waals surface area contributed by atoms with E-state index >= 15 is 0 Å². The molecule has 1 aromatic carbocycles. The molecule has 0 amide bonds. The van der Waals surface area contributed by atoms with Gasteiger partial charge in [0.2, 0.25) is 0 Å². The second kappa shape index (κ2) is 2.73. The molecule has 13 heavy (non-hydrogen) atoms. The lowest BCUT2D eigenvalue weighted by Gasteiger charge is -1.99. The van der Waals surface area contributed by atoms with Gasteiger partial charge in [0.05, 0.1) is 5.56 Å². The molecular weight excluding hydrogens is 164 g/mol. The highest BCUT2D eigenvalue weighted by Crippen LogP contribution is 2.31. The monoisotopic (exact) mass is 173 g/mol.